The molecular formula is C31H20N4. The van der Waals surface area contributed by atoms with Gasteiger partial charge in [-0.2, -0.15) is 0 Å². The van der Waals surface area contributed by atoms with Crippen molar-refractivity contribution >= 4 is 39.5 Å². The molecule has 0 fully saturated rings. The Balaban J connectivity index is 1.40. The van der Waals surface area contributed by atoms with Crippen molar-refractivity contribution in [1.82, 2.24) is 14.4 Å². The average Bonchev–Trinajstić information content (AvgIpc) is 3.59. The second-order valence-corrected chi connectivity index (χ2v) is 9.81. The molecule has 6 aromatic rings. The lowest BCUT2D eigenvalue weighted by atomic mass is 9.95. The molecule has 3 aromatic heterocycles. The standard InChI is InChI=1S/C31H20N4/c1-2-6-19-17(5-1)15-23-20(19)10-9-18-16-24-21(27(18)23)11-12-25-30(24)35-26-8-4-14-32-28(26)22-7-3-13-33-29(22)31(35)34-25/h1-12,14,33H,13,15-16H2. The van der Waals surface area contributed by atoms with Crippen LogP contribution in [-0.4, -0.2) is 20.9 Å². The normalized spacial score (nSPS) is 14.6. The Labute approximate surface area is 201 Å². The topological polar surface area (TPSA) is 42.2 Å². The van der Waals surface area contributed by atoms with Crippen molar-refractivity contribution in [3.63, 3.8) is 0 Å². The van der Waals surface area contributed by atoms with Gasteiger partial charge in [-0.15, -0.1) is 0 Å². The number of benzene rings is 3. The molecule has 4 heteroatoms. The van der Waals surface area contributed by atoms with E-state index in [2.05, 4.69) is 76.5 Å². The summed E-state index contributed by atoms with van der Waals surface area (Å²) < 4.78 is 2.35. The van der Waals surface area contributed by atoms with Crippen LogP contribution < -0.4 is 5.32 Å². The van der Waals surface area contributed by atoms with Crippen LogP contribution in [0.2, 0.25) is 0 Å². The minimum absolute atomic E-state index is 0.806. The van der Waals surface area contributed by atoms with Crippen molar-refractivity contribution in [3.05, 3.63) is 101 Å². The van der Waals surface area contributed by atoms with Gasteiger partial charge in [0.2, 0.25) is 0 Å². The highest BCUT2D eigenvalue weighted by Crippen LogP contribution is 2.49. The van der Waals surface area contributed by atoms with E-state index in [0.717, 1.165) is 52.8 Å². The van der Waals surface area contributed by atoms with E-state index in [0.29, 0.717) is 0 Å². The maximum absolute atomic E-state index is 5.16. The van der Waals surface area contributed by atoms with E-state index in [1.165, 1.54) is 50.0 Å². The van der Waals surface area contributed by atoms with Crippen molar-refractivity contribution in [2.24, 2.45) is 0 Å². The van der Waals surface area contributed by atoms with Crippen LogP contribution in [0, 0.1) is 0 Å². The van der Waals surface area contributed by atoms with Crippen LogP contribution >= 0.6 is 0 Å². The fraction of sp³-hybridized carbons (Fsp3) is 0.0968. The van der Waals surface area contributed by atoms with Crippen LogP contribution in [0.1, 0.15) is 27.8 Å². The maximum atomic E-state index is 5.16. The first-order valence-corrected chi connectivity index (χ1v) is 12.3. The molecule has 0 saturated heterocycles. The highest BCUT2D eigenvalue weighted by Gasteiger charge is 2.31. The summed E-state index contributed by atoms with van der Waals surface area (Å²) in [5.41, 5.74) is 18.9. The van der Waals surface area contributed by atoms with E-state index in [-0.39, 0.29) is 0 Å². The van der Waals surface area contributed by atoms with E-state index in [1.807, 2.05) is 12.3 Å². The van der Waals surface area contributed by atoms with Crippen LogP contribution in [0.15, 0.2) is 72.9 Å². The van der Waals surface area contributed by atoms with E-state index in [1.54, 1.807) is 0 Å². The lowest BCUT2D eigenvalue weighted by molar-refractivity contribution is 1.20. The molecule has 3 aliphatic rings. The Hall–Kier alpha value is -4.44. The van der Waals surface area contributed by atoms with E-state index >= 15 is 0 Å². The molecule has 35 heavy (non-hydrogen) atoms. The Morgan fingerprint density at radius 1 is 0.800 bits per heavy atom. The fourth-order valence-corrected chi connectivity index (χ4v) is 6.68. The van der Waals surface area contributed by atoms with Crippen molar-refractivity contribution < 1.29 is 0 Å². The number of rotatable bonds is 0. The van der Waals surface area contributed by atoms with Gasteiger partial charge in [-0.05, 0) is 69.1 Å². The van der Waals surface area contributed by atoms with Gasteiger partial charge in [0.25, 0.3) is 0 Å². The van der Waals surface area contributed by atoms with Crippen molar-refractivity contribution in [1.29, 1.82) is 0 Å². The van der Waals surface area contributed by atoms with Gasteiger partial charge in [0.15, 0.2) is 5.65 Å². The third kappa shape index (κ3) is 2.13. The van der Waals surface area contributed by atoms with E-state index in [9.17, 15) is 0 Å². The molecule has 3 aromatic carbocycles. The smallest absolute Gasteiger partial charge is 0.162 e. The van der Waals surface area contributed by atoms with Gasteiger partial charge >= 0.3 is 0 Å². The zero-order valence-electron chi connectivity index (χ0n) is 19.0. The largest absolute Gasteiger partial charge is 0.378 e. The van der Waals surface area contributed by atoms with Gasteiger partial charge in [0.05, 0.1) is 27.8 Å². The van der Waals surface area contributed by atoms with Gasteiger partial charge in [-0.25, -0.2) is 4.98 Å². The minimum atomic E-state index is 0.806. The van der Waals surface area contributed by atoms with E-state index in [4.69, 9.17) is 9.97 Å². The lowest BCUT2D eigenvalue weighted by Crippen LogP contribution is -2.08. The summed E-state index contributed by atoms with van der Waals surface area (Å²) in [6.07, 6.45) is 8.17. The molecule has 1 N–H and O–H groups in total. The molecular weight excluding hydrogens is 428 g/mol. The third-order valence-electron chi connectivity index (χ3n) is 8.09. The Morgan fingerprint density at radius 2 is 1.71 bits per heavy atom. The minimum Gasteiger partial charge on any atom is -0.378 e. The molecule has 0 unspecified atom stereocenters. The quantitative estimate of drug-likeness (QED) is 0.284. The lowest BCUT2D eigenvalue weighted by Gasteiger charge is -2.17. The predicted molar refractivity (Wildman–Crippen MR) is 142 cm³/mol. The second-order valence-electron chi connectivity index (χ2n) is 9.81. The third-order valence-corrected chi connectivity index (χ3v) is 8.09. The molecule has 1 aliphatic heterocycles. The number of imidazole rings is 1. The number of nitrogens with zero attached hydrogens (tertiary/aromatic N) is 3. The molecule has 0 bridgehead atoms. The molecule has 2 aliphatic carbocycles. The molecule has 9 rings (SSSR count). The van der Waals surface area contributed by atoms with Crippen LogP contribution in [0.25, 0.3) is 56.0 Å². The van der Waals surface area contributed by atoms with E-state index < -0.39 is 0 Å². The number of aromatic nitrogens is 3. The summed E-state index contributed by atoms with van der Waals surface area (Å²) in [4.78, 5) is 9.96. The molecule has 0 atom stereocenters. The maximum Gasteiger partial charge on any atom is 0.162 e. The van der Waals surface area contributed by atoms with Crippen LogP contribution in [0.3, 0.4) is 0 Å². The summed E-state index contributed by atoms with van der Waals surface area (Å²) in [6.45, 7) is 0.806. The van der Waals surface area contributed by atoms with Crippen molar-refractivity contribution in [2.45, 2.75) is 12.8 Å². The number of hydrogen-bond donors (Lipinski definition) is 1. The molecule has 0 saturated carbocycles. The highest BCUT2D eigenvalue weighted by molar-refractivity contribution is 6.05. The highest BCUT2D eigenvalue weighted by atomic mass is 15.1. The molecule has 164 valence electrons. The number of nitrogens with one attached hydrogen (secondary N) is 1. The van der Waals surface area contributed by atoms with Gasteiger partial charge < -0.3 is 5.32 Å². The predicted octanol–water partition coefficient (Wildman–Crippen LogP) is 6.62. The van der Waals surface area contributed by atoms with Gasteiger partial charge in [-0.1, -0.05) is 54.6 Å². The zero-order valence-corrected chi connectivity index (χ0v) is 19.0. The van der Waals surface area contributed by atoms with Crippen LogP contribution in [0.4, 0.5) is 5.69 Å². The zero-order chi connectivity index (χ0) is 22.7. The summed E-state index contributed by atoms with van der Waals surface area (Å²) in [5, 5.41) is 3.58. The van der Waals surface area contributed by atoms with Crippen molar-refractivity contribution in [3.8, 4) is 22.3 Å². The summed E-state index contributed by atoms with van der Waals surface area (Å²) >= 11 is 0. The molecule has 0 amide bonds. The van der Waals surface area contributed by atoms with Gasteiger partial charge in [0.1, 0.15) is 0 Å². The first kappa shape index (κ1) is 18.0. The molecule has 4 nitrogen and oxygen atoms in total. The summed E-state index contributed by atoms with van der Waals surface area (Å²) in [7, 11) is 0. The number of anilines is 1. The SMILES string of the molecule is C1=Cc2c(c3nc4ccc5c(c4n3c3cccnc23)Cc2ccc3c(c2-5)Cc2ccccc2-3)NC1. The number of hydrogen-bond acceptors (Lipinski definition) is 3. The average molecular weight is 449 g/mol. The monoisotopic (exact) mass is 448 g/mol. The Morgan fingerprint density at radius 3 is 2.71 bits per heavy atom. The molecule has 0 radical (unpaired) electrons. The first-order valence-electron chi connectivity index (χ1n) is 12.3. The van der Waals surface area contributed by atoms with Gasteiger partial charge in [0, 0.05) is 24.7 Å². The molecule has 4 heterocycles. The number of fused-ring (bicyclic) bond motifs is 16. The number of pyridine rings is 2. The van der Waals surface area contributed by atoms with Crippen LogP contribution in [-0.2, 0) is 12.8 Å². The van der Waals surface area contributed by atoms with Crippen LogP contribution in [0.5, 0.6) is 0 Å². The second kappa shape index (κ2) is 6.16. The summed E-state index contributed by atoms with van der Waals surface area (Å²) in [6, 6.07) is 22.3. The Bertz CT molecular complexity index is 1960. The molecule has 0 spiro atoms. The summed E-state index contributed by atoms with van der Waals surface area (Å²) in [5.74, 6) is 0. The fourth-order valence-electron chi connectivity index (χ4n) is 6.68. The Kier molecular flexibility index (Phi) is 3.16. The van der Waals surface area contributed by atoms with Crippen molar-refractivity contribution in [2.75, 3.05) is 11.9 Å². The first-order chi connectivity index (χ1) is 17.4. The van der Waals surface area contributed by atoms with Gasteiger partial charge in [-0.3, -0.25) is 9.38 Å².